The highest BCUT2D eigenvalue weighted by molar-refractivity contribution is 6.02. The van der Waals surface area contributed by atoms with Gasteiger partial charge in [0.15, 0.2) is 5.65 Å². The first kappa shape index (κ1) is 23.2. The summed E-state index contributed by atoms with van der Waals surface area (Å²) in [6.45, 7) is 2.38. The summed E-state index contributed by atoms with van der Waals surface area (Å²) in [6.07, 6.45) is 2.79. The standard InChI is InChI=1S/C24H26N4O6/c1-15-12-18(23(31)34-3)20-21(25-15)28(16-8-7-9-17(13-16)33-2)24(32)27(22(20)30)14-19(29)26-10-5-4-6-11-26/h7-9,12-13H,4-6,10-11,14H2,1-3H3. The first-order valence-corrected chi connectivity index (χ1v) is 11.0. The normalized spacial score (nSPS) is 13.7. The van der Waals surface area contributed by atoms with Crippen molar-refractivity contribution in [1.82, 2.24) is 19.0 Å². The zero-order valence-corrected chi connectivity index (χ0v) is 19.4. The van der Waals surface area contributed by atoms with E-state index >= 15 is 0 Å². The van der Waals surface area contributed by atoms with Crippen LogP contribution in [-0.2, 0) is 16.1 Å². The Labute approximate surface area is 195 Å². The number of hydrogen-bond acceptors (Lipinski definition) is 7. The summed E-state index contributed by atoms with van der Waals surface area (Å²) >= 11 is 0. The van der Waals surface area contributed by atoms with Gasteiger partial charge in [0, 0.05) is 24.8 Å². The SMILES string of the molecule is COC(=O)c1cc(C)nc2c1c(=O)n(CC(=O)N1CCCCC1)c(=O)n2-c1cccc(OC)c1. The van der Waals surface area contributed by atoms with E-state index in [0.717, 1.165) is 23.8 Å². The highest BCUT2D eigenvalue weighted by Gasteiger charge is 2.25. The average Bonchev–Trinajstić information content (AvgIpc) is 2.86. The first-order chi connectivity index (χ1) is 16.3. The quantitative estimate of drug-likeness (QED) is 0.526. The van der Waals surface area contributed by atoms with Crippen LogP contribution in [0.1, 0.15) is 35.3 Å². The van der Waals surface area contributed by atoms with Gasteiger partial charge in [-0.3, -0.25) is 9.59 Å². The van der Waals surface area contributed by atoms with Crippen LogP contribution < -0.4 is 16.0 Å². The molecule has 0 bridgehead atoms. The predicted octanol–water partition coefficient (Wildman–Crippen LogP) is 1.66. The minimum absolute atomic E-state index is 0.00493. The number of rotatable bonds is 5. The van der Waals surface area contributed by atoms with Crippen molar-refractivity contribution in [2.75, 3.05) is 27.3 Å². The third-order valence-electron chi connectivity index (χ3n) is 5.94. The number of methoxy groups -OCH3 is 2. The van der Waals surface area contributed by atoms with Gasteiger partial charge >= 0.3 is 11.7 Å². The van der Waals surface area contributed by atoms with Crippen molar-refractivity contribution in [1.29, 1.82) is 0 Å². The summed E-state index contributed by atoms with van der Waals surface area (Å²) in [5, 5.41) is -0.0914. The van der Waals surface area contributed by atoms with Crippen molar-refractivity contribution in [2.24, 2.45) is 0 Å². The molecule has 4 rings (SSSR count). The zero-order valence-electron chi connectivity index (χ0n) is 19.4. The summed E-state index contributed by atoms with van der Waals surface area (Å²) in [5.41, 5.74) is -0.716. The summed E-state index contributed by atoms with van der Waals surface area (Å²) in [4.78, 5) is 58.8. The van der Waals surface area contributed by atoms with Gasteiger partial charge in [-0.2, -0.15) is 0 Å². The Kier molecular flexibility index (Phi) is 6.49. The second-order valence-electron chi connectivity index (χ2n) is 8.15. The number of aromatic nitrogens is 3. The molecule has 0 saturated carbocycles. The summed E-state index contributed by atoms with van der Waals surface area (Å²) in [5.74, 6) is -0.576. The molecule has 1 fully saturated rings. The monoisotopic (exact) mass is 466 g/mol. The highest BCUT2D eigenvalue weighted by atomic mass is 16.5. The number of nitrogens with zero attached hydrogens (tertiary/aromatic N) is 4. The fraction of sp³-hybridized carbons (Fsp3) is 0.375. The molecule has 0 aliphatic carbocycles. The number of esters is 1. The number of pyridine rings is 1. The molecule has 1 saturated heterocycles. The minimum Gasteiger partial charge on any atom is -0.497 e. The number of ether oxygens (including phenoxy) is 2. The molecule has 34 heavy (non-hydrogen) atoms. The Balaban J connectivity index is 2.03. The largest absolute Gasteiger partial charge is 0.497 e. The molecule has 0 radical (unpaired) electrons. The van der Waals surface area contributed by atoms with E-state index in [1.54, 1.807) is 36.1 Å². The first-order valence-electron chi connectivity index (χ1n) is 11.0. The lowest BCUT2D eigenvalue weighted by molar-refractivity contribution is -0.132. The van der Waals surface area contributed by atoms with Gasteiger partial charge in [-0.05, 0) is 44.4 Å². The number of benzene rings is 1. The maximum absolute atomic E-state index is 13.6. The minimum atomic E-state index is -0.766. The van der Waals surface area contributed by atoms with E-state index in [1.807, 2.05) is 0 Å². The van der Waals surface area contributed by atoms with Crippen LogP contribution >= 0.6 is 0 Å². The van der Waals surface area contributed by atoms with E-state index in [0.29, 0.717) is 30.2 Å². The van der Waals surface area contributed by atoms with Crippen molar-refractivity contribution in [3.8, 4) is 11.4 Å². The molecule has 2 aromatic heterocycles. The lowest BCUT2D eigenvalue weighted by Crippen LogP contribution is -2.46. The molecule has 0 spiro atoms. The Bertz CT molecular complexity index is 1380. The number of aryl methyl sites for hydroxylation is 1. The fourth-order valence-electron chi connectivity index (χ4n) is 4.23. The van der Waals surface area contributed by atoms with Crippen molar-refractivity contribution in [3.63, 3.8) is 0 Å². The number of hydrogen-bond donors (Lipinski definition) is 0. The lowest BCUT2D eigenvalue weighted by Gasteiger charge is -2.27. The molecular weight excluding hydrogens is 440 g/mol. The van der Waals surface area contributed by atoms with Crippen LogP contribution in [0.25, 0.3) is 16.7 Å². The van der Waals surface area contributed by atoms with Crippen LogP contribution in [-0.4, -0.2) is 58.2 Å². The van der Waals surface area contributed by atoms with Gasteiger partial charge < -0.3 is 14.4 Å². The average molecular weight is 466 g/mol. The third-order valence-corrected chi connectivity index (χ3v) is 5.94. The topological polar surface area (TPSA) is 113 Å². The van der Waals surface area contributed by atoms with Crippen LogP contribution in [0.15, 0.2) is 39.9 Å². The summed E-state index contributed by atoms with van der Waals surface area (Å²) < 4.78 is 12.3. The number of amides is 1. The molecule has 1 aliphatic heterocycles. The summed E-state index contributed by atoms with van der Waals surface area (Å²) in [7, 11) is 2.70. The number of fused-ring (bicyclic) bond motifs is 1. The molecule has 3 heterocycles. The van der Waals surface area contributed by atoms with Crippen LogP contribution in [0.3, 0.4) is 0 Å². The van der Waals surface area contributed by atoms with Crippen molar-refractivity contribution in [2.45, 2.75) is 32.7 Å². The van der Waals surface area contributed by atoms with Gasteiger partial charge in [0.2, 0.25) is 5.91 Å². The number of likely N-dealkylation sites (tertiary alicyclic amines) is 1. The van der Waals surface area contributed by atoms with E-state index in [-0.39, 0.29) is 22.5 Å². The maximum atomic E-state index is 13.6. The second kappa shape index (κ2) is 9.50. The van der Waals surface area contributed by atoms with E-state index in [9.17, 15) is 19.2 Å². The number of piperidine rings is 1. The van der Waals surface area contributed by atoms with Gasteiger partial charge in [0.1, 0.15) is 12.3 Å². The molecule has 0 atom stereocenters. The lowest BCUT2D eigenvalue weighted by atomic mass is 10.1. The van der Waals surface area contributed by atoms with Gasteiger partial charge in [0.25, 0.3) is 5.56 Å². The molecule has 1 amide bonds. The van der Waals surface area contributed by atoms with Gasteiger partial charge in [-0.1, -0.05) is 6.07 Å². The Morgan fingerprint density at radius 1 is 1.06 bits per heavy atom. The van der Waals surface area contributed by atoms with Gasteiger partial charge in [-0.25, -0.2) is 23.7 Å². The Morgan fingerprint density at radius 2 is 1.79 bits per heavy atom. The predicted molar refractivity (Wildman–Crippen MR) is 125 cm³/mol. The van der Waals surface area contributed by atoms with Crippen molar-refractivity contribution >= 4 is 22.9 Å². The van der Waals surface area contributed by atoms with E-state index in [1.165, 1.54) is 24.9 Å². The molecule has 1 aromatic carbocycles. The third kappa shape index (κ3) is 4.18. The van der Waals surface area contributed by atoms with Crippen molar-refractivity contribution < 1.29 is 19.1 Å². The van der Waals surface area contributed by atoms with Gasteiger partial charge in [-0.15, -0.1) is 0 Å². The van der Waals surface area contributed by atoms with E-state index in [2.05, 4.69) is 4.98 Å². The van der Waals surface area contributed by atoms with Crippen LogP contribution in [0, 0.1) is 6.92 Å². The summed E-state index contributed by atoms with van der Waals surface area (Å²) in [6, 6.07) is 8.12. The highest BCUT2D eigenvalue weighted by Crippen LogP contribution is 2.21. The van der Waals surface area contributed by atoms with Crippen molar-refractivity contribution in [3.05, 3.63) is 62.4 Å². The number of carbonyl (C=O) groups is 2. The smallest absolute Gasteiger partial charge is 0.338 e. The van der Waals surface area contributed by atoms with E-state index < -0.39 is 23.8 Å². The zero-order chi connectivity index (χ0) is 24.4. The molecule has 0 unspecified atom stereocenters. The molecule has 3 aromatic rings. The van der Waals surface area contributed by atoms with Crippen LogP contribution in [0.5, 0.6) is 5.75 Å². The van der Waals surface area contributed by atoms with E-state index in [4.69, 9.17) is 9.47 Å². The van der Waals surface area contributed by atoms with Crippen LogP contribution in [0.4, 0.5) is 0 Å². The fourth-order valence-corrected chi connectivity index (χ4v) is 4.23. The maximum Gasteiger partial charge on any atom is 0.338 e. The number of carbonyl (C=O) groups excluding carboxylic acids is 2. The second-order valence-corrected chi connectivity index (χ2v) is 8.15. The molecule has 1 aliphatic rings. The van der Waals surface area contributed by atoms with Crippen LogP contribution in [0.2, 0.25) is 0 Å². The molecular formula is C24H26N4O6. The molecule has 10 heteroatoms. The molecule has 0 N–H and O–H groups in total. The molecule has 10 nitrogen and oxygen atoms in total. The Morgan fingerprint density at radius 3 is 2.47 bits per heavy atom. The molecule has 178 valence electrons. The van der Waals surface area contributed by atoms with Gasteiger partial charge in [0.05, 0.1) is 30.9 Å². The Hall–Kier alpha value is -3.95.